The highest BCUT2D eigenvalue weighted by Gasteiger charge is 2.15. The third-order valence-electron chi connectivity index (χ3n) is 3.36. The van der Waals surface area contributed by atoms with E-state index in [1.165, 1.54) is 6.07 Å². The molecule has 100 valence electrons. The average molecular weight is 287 g/mol. The largest absolute Gasteiger partial charge is 0.384 e. The molecule has 0 amide bonds. The van der Waals surface area contributed by atoms with E-state index in [0.717, 1.165) is 0 Å². The summed E-state index contributed by atoms with van der Waals surface area (Å²) in [4.78, 5) is 0. The van der Waals surface area contributed by atoms with Crippen molar-refractivity contribution < 1.29 is 9.50 Å². The number of fused-ring (bicyclic) bond motifs is 1. The van der Waals surface area contributed by atoms with Crippen molar-refractivity contribution in [3.05, 3.63) is 82.6 Å². The van der Waals surface area contributed by atoms with Crippen LogP contribution in [0.1, 0.15) is 17.2 Å². The third-order valence-corrected chi connectivity index (χ3v) is 3.60. The van der Waals surface area contributed by atoms with Crippen molar-refractivity contribution in [3.8, 4) is 0 Å². The molecule has 0 radical (unpaired) electrons. The fourth-order valence-electron chi connectivity index (χ4n) is 2.38. The molecular formula is C17H12ClFO. The average Bonchev–Trinajstić information content (AvgIpc) is 2.47. The first-order valence-electron chi connectivity index (χ1n) is 6.27. The van der Waals surface area contributed by atoms with Crippen LogP contribution in [0.15, 0.2) is 60.7 Å². The van der Waals surface area contributed by atoms with Crippen LogP contribution in [0.5, 0.6) is 0 Å². The fraction of sp³-hybridized carbons (Fsp3) is 0.0588. The smallest absolute Gasteiger partial charge is 0.131 e. The standard InChI is InChI=1S/C17H12ClFO/c18-12-5-3-4-11(10-12)17(20)15-8-9-16(19)14-7-2-1-6-13(14)15/h1-10,17,20H. The molecule has 1 N–H and O–H groups in total. The van der Waals surface area contributed by atoms with E-state index < -0.39 is 6.10 Å². The molecule has 0 bridgehead atoms. The molecule has 0 aliphatic heterocycles. The Balaban J connectivity index is 2.17. The van der Waals surface area contributed by atoms with Gasteiger partial charge in [0.15, 0.2) is 0 Å². The molecule has 0 heterocycles. The Labute approximate surface area is 121 Å². The van der Waals surface area contributed by atoms with Gasteiger partial charge in [-0.05, 0) is 34.7 Å². The number of hydrogen-bond acceptors (Lipinski definition) is 1. The second kappa shape index (κ2) is 5.23. The SMILES string of the molecule is OC(c1cccc(Cl)c1)c1ccc(F)c2ccccc12. The number of hydrogen-bond donors (Lipinski definition) is 1. The zero-order chi connectivity index (χ0) is 14.1. The summed E-state index contributed by atoms with van der Waals surface area (Å²) in [5.74, 6) is -0.289. The molecule has 0 aliphatic rings. The van der Waals surface area contributed by atoms with E-state index in [1.54, 1.807) is 42.5 Å². The molecule has 1 atom stereocenters. The van der Waals surface area contributed by atoms with Gasteiger partial charge in [0.2, 0.25) is 0 Å². The number of aliphatic hydroxyl groups is 1. The molecule has 3 aromatic carbocycles. The molecule has 0 saturated heterocycles. The molecule has 0 aliphatic carbocycles. The normalized spacial score (nSPS) is 12.6. The van der Waals surface area contributed by atoms with Gasteiger partial charge in [-0.3, -0.25) is 0 Å². The van der Waals surface area contributed by atoms with Gasteiger partial charge in [-0.15, -0.1) is 0 Å². The summed E-state index contributed by atoms with van der Waals surface area (Å²) in [6, 6.07) is 17.2. The van der Waals surface area contributed by atoms with Gasteiger partial charge >= 0.3 is 0 Å². The quantitative estimate of drug-likeness (QED) is 0.723. The Morgan fingerprint density at radius 3 is 2.40 bits per heavy atom. The highest BCUT2D eigenvalue weighted by molar-refractivity contribution is 6.30. The van der Waals surface area contributed by atoms with E-state index in [4.69, 9.17) is 11.6 Å². The predicted molar refractivity (Wildman–Crippen MR) is 79.4 cm³/mol. The van der Waals surface area contributed by atoms with Gasteiger partial charge in [0.1, 0.15) is 11.9 Å². The molecule has 0 spiro atoms. The van der Waals surface area contributed by atoms with Crippen molar-refractivity contribution in [3.63, 3.8) is 0 Å². The lowest BCUT2D eigenvalue weighted by molar-refractivity contribution is 0.222. The van der Waals surface area contributed by atoms with Crippen LogP contribution >= 0.6 is 11.6 Å². The maximum Gasteiger partial charge on any atom is 0.131 e. The maximum absolute atomic E-state index is 13.8. The van der Waals surface area contributed by atoms with Gasteiger partial charge in [0.05, 0.1) is 0 Å². The highest BCUT2D eigenvalue weighted by atomic mass is 35.5. The summed E-state index contributed by atoms with van der Waals surface area (Å²) < 4.78 is 13.8. The van der Waals surface area contributed by atoms with Crippen molar-refractivity contribution in [1.82, 2.24) is 0 Å². The lowest BCUT2D eigenvalue weighted by Crippen LogP contribution is -2.01. The van der Waals surface area contributed by atoms with Crippen LogP contribution in [0.25, 0.3) is 10.8 Å². The summed E-state index contributed by atoms with van der Waals surface area (Å²) in [5.41, 5.74) is 1.36. The molecule has 3 heteroatoms. The predicted octanol–water partition coefficient (Wildman–Crippen LogP) is 4.71. The van der Waals surface area contributed by atoms with Gasteiger partial charge in [-0.25, -0.2) is 4.39 Å². The third kappa shape index (κ3) is 2.28. The first kappa shape index (κ1) is 13.1. The van der Waals surface area contributed by atoms with E-state index in [-0.39, 0.29) is 5.82 Å². The van der Waals surface area contributed by atoms with Gasteiger partial charge < -0.3 is 5.11 Å². The van der Waals surface area contributed by atoms with Crippen LogP contribution in [-0.2, 0) is 0 Å². The molecular weight excluding hydrogens is 275 g/mol. The van der Waals surface area contributed by atoms with E-state index in [1.807, 2.05) is 12.1 Å². The Kier molecular flexibility index (Phi) is 3.43. The summed E-state index contributed by atoms with van der Waals surface area (Å²) in [7, 11) is 0. The number of benzene rings is 3. The Morgan fingerprint density at radius 1 is 0.900 bits per heavy atom. The molecule has 1 nitrogen and oxygen atoms in total. The Morgan fingerprint density at radius 2 is 1.65 bits per heavy atom. The van der Waals surface area contributed by atoms with E-state index in [9.17, 15) is 9.50 Å². The van der Waals surface area contributed by atoms with Crippen molar-refractivity contribution in [2.45, 2.75) is 6.10 Å². The number of halogens is 2. The van der Waals surface area contributed by atoms with Crippen LogP contribution in [0.2, 0.25) is 5.02 Å². The van der Waals surface area contributed by atoms with Crippen molar-refractivity contribution in [2.24, 2.45) is 0 Å². The summed E-state index contributed by atoms with van der Waals surface area (Å²) in [5, 5.41) is 12.3. The van der Waals surface area contributed by atoms with Gasteiger partial charge in [0.25, 0.3) is 0 Å². The van der Waals surface area contributed by atoms with Crippen molar-refractivity contribution in [2.75, 3.05) is 0 Å². The lowest BCUT2D eigenvalue weighted by Gasteiger charge is -2.15. The monoisotopic (exact) mass is 286 g/mol. The zero-order valence-corrected chi connectivity index (χ0v) is 11.3. The lowest BCUT2D eigenvalue weighted by atomic mass is 9.96. The van der Waals surface area contributed by atoms with Crippen LogP contribution < -0.4 is 0 Å². The Bertz CT molecular complexity index is 770. The fourth-order valence-corrected chi connectivity index (χ4v) is 2.58. The van der Waals surface area contributed by atoms with Crippen LogP contribution in [0, 0.1) is 5.82 Å². The highest BCUT2D eigenvalue weighted by Crippen LogP contribution is 2.31. The zero-order valence-electron chi connectivity index (χ0n) is 10.6. The molecule has 20 heavy (non-hydrogen) atoms. The maximum atomic E-state index is 13.8. The van der Waals surface area contributed by atoms with Crippen molar-refractivity contribution in [1.29, 1.82) is 0 Å². The van der Waals surface area contributed by atoms with Crippen LogP contribution in [-0.4, -0.2) is 5.11 Å². The first-order valence-corrected chi connectivity index (χ1v) is 6.65. The number of aliphatic hydroxyl groups excluding tert-OH is 1. The van der Waals surface area contributed by atoms with E-state index in [2.05, 4.69) is 0 Å². The Hall–Kier alpha value is -1.90. The minimum Gasteiger partial charge on any atom is -0.384 e. The van der Waals surface area contributed by atoms with Crippen LogP contribution in [0.3, 0.4) is 0 Å². The van der Waals surface area contributed by atoms with E-state index in [0.29, 0.717) is 26.9 Å². The molecule has 3 aromatic rings. The number of rotatable bonds is 2. The molecule has 3 rings (SSSR count). The van der Waals surface area contributed by atoms with Gasteiger partial charge in [-0.1, -0.05) is 54.1 Å². The summed E-state index contributed by atoms with van der Waals surface area (Å²) in [6.07, 6.45) is -0.834. The topological polar surface area (TPSA) is 20.2 Å². The minimum absolute atomic E-state index is 0.289. The molecule has 0 saturated carbocycles. The first-order chi connectivity index (χ1) is 9.66. The van der Waals surface area contributed by atoms with E-state index >= 15 is 0 Å². The minimum atomic E-state index is -0.834. The van der Waals surface area contributed by atoms with Gasteiger partial charge in [0, 0.05) is 10.4 Å². The molecule has 0 aromatic heterocycles. The molecule has 1 unspecified atom stereocenters. The van der Waals surface area contributed by atoms with Crippen molar-refractivity contribution >= 4 is 22.4 Å². The summed E-state index contributed by atoms with van der Waals surface area (Å²) >= 11 is 5.95. The van der Waals surface area contributed by atoms with Gasteiger partial charge in [-0.2, -0.15) is 0 Å². The second-order valence-corrected chi connectivity index (χ2v) is 5.08. The summed E-state index contributed by atoms with van der Waals surface area (Å²) in [6.45, 7) is 0. The second-order valence-electron chi connectivity index (χ2n) is 4.64. The van der Waals surface area contributed by atoms with Crippen LogP contribution in [0.4, 0.5) is 4.39 Å². The molecule has 0 fully saturated rings.